The van der Waals surface area contributed by atoms with E-state index in [4.69, 9.17) is 0 Å². The lowest BCUT2D eigenvalue weighted by molar-refractivity contribution is 0.101. The van der Waals surface area contributed by atoms with Gasteiger partial charge in [-0.15, -0.1) is 0 Å². The summed E-state index contributed by atoms with van der Waals surface area (Å²) in [4.78, 5) is 21.3. The average Bonchev–Trinajstić information content (AvgIpc) is 2.63. The van der Waals surface area contributed by atoms with E-state index in [0.717, 1.165) is 31.5 Å². The van der Waals surface area contributed by atoms with Crippen LogP contribution in [0.15, 0.2) is 18.5 Å². The number of aryl methyl sites for hydroxylation is 1. The van der Waals surface area contributed by atoms with Crippen LogP contribution < -0.4 is 5.32 Å². The molecule has 3 rings (SSSR count). The number of hydrogen-bond donors (Lipinski definition) is 1. The molecule has 2 amide bonds. The Labute approximate surface area is 145 Å². The number of pyridine rings is 1. The van der Waals surface area contributed by atoms with Crippen molar-refractivity contribution in [3.8, 4) is 0 Å². The largest absolute Gasteiger partial charge is 0.331 e. The summed E-state index contributed by atoms with van der Waals surface area (Å²) in [6.07, 6.45) is 9.90. The number of carbonyl (C=O) groups excluding carboxylic acids is 1. The predicted molar refractivity (Wildman–Crippen MR) is 95.9 cm³/mol. The van der Waals surface area contributed by atoms with Crippen LogP contribution in [0.25, 0.3) is 0 Å². The summed E-state index contributed by atoms with van der Waals surface area (Å²) in [7, 11) is 0. The van der Waals surface area contributed by atoms with Crippen molar-refractivity contribution in [2.75, 3.05) is 26.2 Å². The fourth-order valence-electron chi connectivity index (χ4n) is 4.00. The molecular formula is C19H30N4O. The highest BCUT2D eigenvalue weighted by molar-refractivity contribution is 5.74. The zero-order valence-corrected chi connectivity index (χ0v) is 15.0. The van der Waals surface area contributed by atoms with Crippen LogP contribution in [0.4, 0.5) is 4.79 Å². The van der Waals surface area contributed by atoms with E-state index in [2.05, 4.69) is 22.1 Å². The molecule has 3 heterocycles. The second-order valence-electron chi connectivity index (χ2n) is 7.22. The molecule has 1 aromatic rings. The molecule has 1 N–H and O–H groups in total. The third-order valence-electron chi connectivity index (χ3n) is 5.54. The number of nitrogens with zero attached hydrogens (tertiary/aromatic N) is 3. The van der Waals surface area contributed by atoms with Crippen molar-refractivity contribution in [1.82, 2.24) is 20.1 Å². The SMILES string of the molecule is Cc1ccncc1C(C)NC(=O)N1CCC(N2CCCCC2)CC1. The topological polar surface area (TPSA) is 48.5 Å². The predicted octanol–water partition coefficient (Wildman–Crippen LogP) is 3.11. The molecular weight excluding hydrogens is 300 g/mol. The van der Waals surface area contributed by atoms with Gasteiger partial charge in [0.15, 0.2) is 0 Å². The number of urea groups is 1. The van der Waals surface area contributed by atoms with E-state index in [1.807, 2.05) is 24.1 Å². The minimum atomic E-state index is -0.00832. The fourth-order valence-corrected chi connectivity index (χ4v) is 4.00. The van der Waals surface area contributed by atoms with Crippen LogP contribution in [0.5, 0.6) is 0 Å². The molecule has 0 radical (unpaired) electrons. The first-order valence-corrected chi connectivity index (χ1v) is 9.35. The molecule has 0 saturated carbocycles. The standard InChI is InChI=1S/C19H30N4O/c1-15-6-9-20-14-18(15)16(2)21-19(24)23-12-7-17(8-13-23)22-10-4-3-5-11-22/h6,9,14,16-17H,3-5,7-8,10-13H2,1-2H3,(H,21,24). The van der Waals surface area contributed by atoms with Crippen LogP contribution in [-0.4, -0.2) is 53.0 Å². The average molecular weight is 330 g/mol. The monoisotopic (exact) mass is 330 g/mol. The van der Waals surface area contributed by atoms with Gasteiger partial charge in [-0.2, -0.15) is 0 Å². The van der Waals surface area contributed by atoms with E-state index in [-0.39, 0.29) is 12.1 Å². The van der Waals surface area contributed by atoms with Crippen LogP contribution in [0.1, 0.15) is 56.2 Å². The Morgan fingerprint density at radius 3 is 2.58 bits per heavy atom. The quantitative estimate of drug-likeness (QED) is 0.926. The summed E-state index contributed by atoms with van der Waals surface area (Å²) >= 11 is 0. The lowest BCUT2D eigenvalue weighted by Crippen LogP contribution is -2.50. The van der Waals surface area contributed by atoms with Crippen LogP contribution in [-0.2, 0) is 0 Å². The summed E-state index contributed by atoms with van der Waals surface area (Å²) in [5.41, 5.74) is 2.26. The molecule has 0 bridgehead atoms. The molecule has 24 heavy (non-hydrogen) atoms. The van der Waals surface area contributed by atoms with Gasteiger partial charge in [0.25, 0.3) is 0 Å². The first-order chi connectivity index (χ1) is 11.6. The number of nitrogens with one attached hydrogen (secondary N) is 1. The van der Waals surface area contributed by atoms with Gasteiger partial charge < -0.3 is 15.1 Å². The van der Waals surface area contributed by atoms with Crippen LogP contribution in [0, 0.1) is 6.92 Å². The van der Waals surface area contributed by atoms with Crippen molar-refractivity contribution >= 4 is 6.03 Å². The molecule has 2 saturated heterocycles. The Bertz CT molecular complexity index is 548. The zero-order chi connectivity index (χ0) is 16.9. The lowest BCUT2D eigenvalue weighted by Gasteiger charge is -2.40. The number of amides is 2. The highest BCUT2D eigenvalue weighted by Crippen LogP contribution is 2.21. The Balaban J connectivity index is 1.49. The van der Waals surface area contributed by atoms with Gasteiger partial charge in [-0.3, -0.25) is 4.98 Å². The first-order valence-electron chi connectivity index (χ1n) is 9.35. The Hall–Kier alpha value is -1.62. The van der Waals surface area contributed by atoms with E-state index in [1.54, 1.807) is 6.20 Å². The molecule has 2 aliphatic rings. The van der Waals surface area contributed by atoms with Crippen molar-refractivity contribution in [3.05, 3.63) is 29.6 Å². The molecule has 2 aliphatic heterocycles. The number of hydrogen-bond acceptors (Lipinski definition) is 3. The minimum Gasteiger partial charge on any atom is -0.331 e. The van der Waals surface area contributed by atoms with Crippen LogP contribution in [0.2, 0.25) is 0 Å². The molecule has 0 spiro atoms. The molecule has 1 aromatic heterocycles. The van der Waals surface area contributed by atoms with E-state index in [1.165, 1.54) is 37.9 Å². The van der Waals surface area contributed by atoms with Gasteiger partial charge in [0, 0.05) is 31.5 Å². The van der Waals surface area contributed by atoms with Gasteiger partial charge in [-0.1, -0.05) is 6.42 Å². The van der Waals surface area contributed by atoms with Gasteiger partial charge in [0.2, 0.25) is 0 Å². The fraction of sp³-hybridized carbons (Fsp3) is 0.684. The van der Waals surface area contributed by atoms with Crippen LogP contribution in [0.3, 0.4) is 0 Å². The summed E-state index contributed by atoms with van der Waals surface area (Å²) in [6.45, 7) is 8.31. The maximum absolute atomic E-state index is 12.6. The second kappa shape index (κ2) is 7.97. The molecule has 2 fully saturated rings. The number of rotatable bonds is 3. The van der Waals surface area contributed by atoms with Crippen molar-refractivity contribution in [3.63, 3.8) is 0 Å². The molecule has 1 unspecified atom stereocenters. The van der Waals surface area contributed by atoms with E-state index >= 15 is 0 Å². The highest BCUT2D eigenvalue weighted by atomic mass is 16.2. The van der Waals surface area contributed by atoms with Gasteiger partial charge >= 0.3 is 6.03 Å². The molecule has 0 aliphatic carbocycles. The maximum Gasteiger partial charge on any atom is 0.317 e. The Morgan fingerprint density at radius 2 is 1.92 bits per heavy atom. The number of aromatic nitrogens is 1. The van der Waals surface area contributed by atoms with Crippen molar-refractivity contribution in [2.45, 2.75) is 58.0 Å². The molecule has 5 nitrogen and oxygen atoms in total. The molecule has 1 atom stereocenters. The molecule has 132 valence electrons. The smallest absolute Gasteiger partial charge is 0.317 e. The summed E-state index contributed by atoms with van der Waals surface area (Å²) in [5, 5.41) is 3.13. The minimum absolute atomic E-state index is 0.00832. The van der Waals surface area contributed by atoms with E-state index in [9.17, 15) is 4.79 Å². The van der Waals surface area contributed by atoms with Crippen molar-refractivity contribution in [1.29, 1.82) is 0 Å². The van der Waals surface area contributed by atoms with Crippen molar-refractivity contribution < 1.29 is 4.79 Å². The zero-order valence-electron chi connectivity index (χ0n) is 15.0. The molecule has 5 heteroatoms. The third kappa shape index (κ3) is 4.07. The normalized spacial score (nSPS) is 21.5. The third-order valence-corrected chi connectivity index (χ3v) is 5.54. The summed E-state index contributed by atoms with van der Waals surface area (Å²) in [6, 6.07) is 2.71. The van der Waals surface area contributed by atoms with E-state index < -0.39 is 0 Å². The highest BCUT2D eigenvalue weighted by Gasteiger charge is 2.28. The molecule has 0 aromatic carbocycles. The summed E-state index contributed by atoms with van der Waals surface area (Å²) < 4.78 is 0. The summed E-state index contributed by atoms with van der Waals surface area (Å²) in [5.74, 6) is 0. The number of likely N-dealkylation sites (tertiary alicyclic amines) is 2. The van der Waals surface area contributed by atoms with Crippen molar-refractivity contribution in [2.24, 2.45) is 0 Å². The van der Waals surface area contributed by atoms with Gasteiger partial charge in [-0.05, 0) is 69.8 Å². The van der Waals surface area contributed by atoms with E-state index in [0.29, 0.717) is 6.04 Å². The van der Waals surface area contributed by atoms with Crippen LogP contribution >= 0.6 is 0 Å². The van der Waals surface area contributed by atoms with Gasteiger partial charge in [-0.25, -0.2) is 4.79 Å². The lowest BCUT2D eigenvalue weighted by atomic mass is 10.00. The van der Waals surface area contributed by atoms with Gasteiger partial charge in [0.1, 0.15) is 0 Å². The Morgan fingerprint density at radius 1 is 1.21 bits per heavy atom. The Kier molecular flexibility index (Phi) is 5.72. The number of piperidine rings is 2. The number of carbonyl (C=O) groups is 1. The second-order valence-corrected chi connectivity index (χ2v) is 7.22. The first kappa shape index (κ1) is 17.2. The van der Waals surface area contributed by atoms with Gasteiger partial charge in [0.05, 0.1) is 6.04 Å². The maximum atomic E-state index is 12.6.